The van der Waals surface area contributed by atoms with Crippen LogP contribution in [0.2, 0.25) is 0 Å². The van der Waals surface area contributed by atoms with E-state index >= 15 is 0 Å². The number of H-pyrrole nitrogens is 1. The summed E-state index contributed by atoms with van der Waals surface area (Å²) in [6, 6.07) is 0. The predicted molar refractivity (Wildman–Crippen MR) is 102 cm³/mol. The number of carboxylic acid groups (broad SMARTS) is 2. The van der Waals surface area contributed by atoms with E-state index in [1.807, 2.05) is 4.90 Å². The molecular weight excluding hydrogens is 482 g/mol. The highest BCUT2D eigenvalue weighted by Gasteiger charge is 2.39. The number of carboxylic acids is 2. The molecule has 0 aromatic carbocycles. The number of nitrogens with one attached hydrogen (secondary N) is 1. The van der Waals surface area contributed by atoms with Gasteiger partial charge in [-0.25, -0.2) is 9.59 Å². The zero-order chi connectivity index (χ0) is 26.3. The molecule has 10 nitrogen and oxygen atoms in total. The number of ether oxygens (including phenoxy) is 1. The van der Waals surface area contributed by atoms with Crippen LogP contribution in [0.5, 0.6) is 0 Å². The minimum atomic E-state index is -5.08. The molecule has 0 bridgehead atoms. The van der Waals surface area contributed by atoms with Crippen LogP contribution in [0, 0.1) is 5.92 Å². The maximum Gasteiger partial charge on any atom is 0.490 e. The Morgan fingerprint density at radius 3 is 1.88 bits per heavy atom. The topological polar surface area (TPSA) is 136 Å². The van der Waals surface area contributed by atoms with Gasteiger partial charge in [0.05, 0.1) is 18.9 Å². The first-order chi connectivity index (χ1) is 15.5. The molecule has 34 heavy (non-hydrogen) atoms. The van der Waals surface area contributed by atoms with Crippen molar-refractivity contribution < 1.29 is 55.7 Å². The number of fused-ring (bicyclic) bond motifs is 1. The number of alkyl halides is 6. The van der Waals surface area contributed by atoms with E-state index in [9.17, 15) is 31.1 Å². The van der Waals surface area contributed by atoms with Crippen molar-refractivity contribution >= 4 is 17.8 Å². The maximum atomic E-state index is 12.5. The monoisotopic (exact) mass is 506 g/mol. The number of morpholine rings is 1. The lowest BCUT2D eigenvalue weighted by Gasteiger charge is -2.26. The van der Waals surface area contributed by atoms with Crippen LogP contribution in [0.25, 0.3) is 0 Å². The Morgan fingerprint density at radius 2 is 1.47 bits per heavy atom. The van der Waals surface area contributed by atoms with Gasteiger partial charge in [-0.1, -0.05) is 13.8 Å². The molecule has 0 atom stereocenters. The summed E-state index contributed by atoms with van der Waals surface area (Å²) >= 11 is 0. The second kappa shape index (κ2) is 12.0. The van der Waals surface area contributed by atoms with Crippen LogP contribution >= 0.6 is 0 Å². The summed E-state index contributed by atoms with van der Waals surface area (Å²) in [7, 11) is 0. The first-order valence-electron chi connectivity index (χ1n) is 9.79. The number of carbonyl (C=O) groups excluding carboxylic acids is 1. The number of nitrogens with zero attached hydrogens (tertiary/aromatic N) is 3. The molecule has 1 aromatic heterocycles. The minimum absolute atomic E-state index is 0.0391. The van der Waals surface area contributed by atoms with Gasteiger partial charge in [-0.2, -0.15) is 31.4 Å². The maximum absolute atomic E-state index is 12.5. The second-order valence-electron chi connectivity index (χ2n) is 7.60. The number of aliphatic carboxylic acids is 2. The lowest BCUT2D eigenvalue weighted by Crippen LogP contribution is -2.41. The van der Waals surface area contributed by atoms with Crippen molar-refractivity contribution in [2.75, 3.05) is 32.8 Å². The molecule has 0 saturated carbocycles. The molecule has 0 aliphatic carbocycles. The first-order valence-corrected chi connectivity index (χ1v) is 9.79. The average molecular weight is 506 g/mol. The van der Waals surface area contributed by atoms with Crippen LogP contribution in [0.15, 0.2) is 0 Å². The highest BCUT2D eigenvalue weighted by Crippen LogP contribution is 2.25. The van der Waals surface area contributed by atoms with Crippen molar-refractivity contribution in [3.63, 3.8) is 0 Å². The third kappa shape index (κ3) is 9.17. The van der Waals surface area contributed by atoms with E-state index in [4.69, 9.17) is 24.5 Å². The Kier molecular flexibility index (Phi) is 10.3. The molecule has 0 spiro atoms. The van der Waals surface area contributed by atoms with Gasteiger partial charge in [-0.15, -0.1) is 0 Å². The fourth-order valence-electron chi connectivity index (χ4n) is 2.94. The summed E-state index contributed by atoms with van der Waals surface area (Å²) in [5.74, 6) is -4.84. The van der Waals surface area contributed by atoms with E-state index in [1.165, 1.54) is 0 Å². The minimum Gasteiger partial charge on any atom is -0.475 e. The van der Waals surface area contributed by atoms with Crippen molar-refractivity contribution in [2.24, 2.45) is 5.92 Å². The van der Waals surface area contributed by atoms with Crippen LogP contribution in [-0.4, -0.2) is 93.3 Å². The number of aromatic nitrogens is 2. The molecule has 0 radical (unpaired) electrons. The van der Waals surface area contributed by atoms with Crippen LogP contribution in [0.4, 0.5) is 26.3 Å². The van der Waals surface area contributed by atoms with Gasteiger partial charge < -0.3 is 19.8 Å². The zero-order valence-electron chi connectivity index (χ0n) is 18.2. The zero-order valence-corrected chi connectivity index (χ0v) is 18.2. The summed E-state index contributed by atoms with van der Waals surface area (Å²) in [6.45, 7) is 9.75. The van der Waals surface area contributed by atoms with Crippen LogP contribution in [0.3, 0.4) is 0 Å². The van der Waals surface area contributed by atoms with E-state index in [-0.39, 0.29) is 5.91 Å². The molecule has 2 aliphatic rings. The summed E-state index contributed by atoms with van der Waals surface area (Å²) in [4.78, 5) is 34.5. The number of hydrogen-bond donors (Lipinski definition) is 3. The van der Waals surface area contributed by atoms with Gasteiger partial charge in [-0.05, 0) is 5.92 Å². The Hall–Kier alpha value is -2.88. The smallest absolute Gasteiger partial charge is 0.475 e. The number of halogens is 6. The fraction of sp³-hybridized carbons (Fsp3) is 0.667. The van der Waals surface area contributed by atoms with Crippen LogP contribution in [-0.2, 0) is 27.4 Å². The van der Waals surface area contributed by atoms with Crippen LogP contribution < -0.4 is 0 Å². The van der Waals surface area contributed by atoms with E-state index in [0.29, 0.717) is 37.9 Å². The van der Waals surface area contributed by atoms with Crippen LogP contribution in [0.1, 0.15) is 35.6 Å². The molecule has 194 valence electrons. The Labute approximate surface area is 189 Å². The number of rotatable bonds is 3. The summed E-state index contributed by atoms with van der Waals surface area (Å²) in [5.41, 5.74) is 2.79. The molecule has 1 saturated heterocycles. The highest BCUT2D eigenvalue weighted by molar-refractivity contribution is 5.94. The normalized spacial score (nSPS) is 16.2. The summed E-state index contributed by atoms with van der Waals surface area (Å²) in [5, 5.41) is 21.5. The number of hydrogen-bond acceptors (Lipinski definition) is 6. The SMILES string of the molecule is CC(C)CN1Cc2[nH]nc(C(=O)N3CCOCC3)c2C1.O=C(O)C(F)(F)F.O=C(O)C(F)(F)F. The van der Waals surface area contributed by atoms with Crippen molar-refractivity contribution in [3.8, 4) is 0 Å². The van der Waals surface area contributed by atoms with Gasteiger partial charge in [0, 0.05) is 38.3 Å². The van der Waals surface area contributed by atoms with E-state index < -0.39 is 24.3 Å². The van der Waals surface area contributed by atoms with Crippen molar-refractivity contribution in [1.29, 1.82) is 0 Å². The predicted octanol–water partition coefficient (Wildman–Crippen LogP) is 2.12. The average Bonchev–Trinajstić information content (AvgIpc) is 3.27. The number of amides is 1. The fourth-order valence-corrected chi connectivity index (χ4v) is 2.94. The molecule has 0 unspecified atom stereocenters. The van der Waals surface area contributed by atoms with E-state index in [1.54, 1.807) is 0 Å². The highest BCUT2D eigenvalue weighted by atomic mass is 19.4. The molecule has 16 heteroatoms. The lowest BCUT2D eigenvalue weighted by atomic mass is 10.2. The molecule has 1 amide bonds. The molecule has 1 fully saturated rings. The van der Waals surface area contributed by atoms with Crippen molar-refractivity contribution in [3.05, 3.63) is 17.0 Å². The third-order valence-corrected chi connectivity index (χ3v) is 4.33. The standard InChI is InChI=1S/C14H22N4O2.2C2HF3O2/c1-10(2)7-17-8-11-12(9-17)15-16-13(11)14(19)18-3-5-20-6-4-18;2*3-2(4,5)1(6)7/h10H,3-9H2,1-2H3,(H,15,16);2*(H,6,7). The molecule has 3 N–H and O–H groups in total. The Bertz CT molecular complexity index is 825. The van der Waals surface area contributed by atoms with E-state index in [0.717, 1.165) is 30.9 Å². The molecular formula is C18H24F6N4O6. The van der Waals surface area contributed by atoms with Crippen molar-refractivity contribution in [1.82, 2.24) is 20.0 Å². The van der Waals surface area contributed by atoms with Crippen molar-refractivity contribution in [2.45, 2.75) is 39.3 Å². The quantitative estimate of drug-likeness (QED) is 0.531. The first kappa shape index (κ1) is 29.2. The Balaban J connectivity index is 0.000000343. The largest absolute Gasteiger partial charge is 0.490 e. The molecule has 3 rings (SSSR count). The summed E-state index contributed by atoms with van der Waals surface area (Å²) in [6.07, 6.45) is -10.2. The Morgan fingerprint density at radius 1 is 1.00 bits per heavy atom. The van der Waals surface area contributed by atoms with Gasteiger partial charge in [0.15, 0.2) is 5.69 Å². The van der Waals surface area contributed by atoms with Gasteiger partial charge in [-0.3, -0.25) is 14.8 Å². The van der Waals surface area contributed by atoms with E-state index in [2.05, 4.69) is 28.9 Å². The number of carbonyl (C=O) groups is 3. The van der Waals surface area contributed by atoms with Gasteiger partial charge in [0.25, 0.3) is 5.91 Å². The second-order valence-corrected chi connectivity index (χ2v) is 7.60. The van der Waals surface area contributed by atoms with Gasteiger partial charge >= 0.3 is 24.3 Å². The number of aromatic amines is 1. The third-order valence-electron chi connectivity index (χ3n) is 4.33. The molecule has 1 aromatic rings. The summed E-state index contributed by atoms with van der Waals surface area (Å²) < 4.78 is 68.8. The molecule has 2 aliphatic heterocycles. The molecule has 3 heterocycles. The lowest BCUT2D eigenvalue weighted by molar-refractivity contribution is -0.193. The van der Waals surface area contributed by atoms with Gasteiger partial charge in [0.1, 0.15) is 0 Å². The van der Waals surface area contributed by atoms with Gasteiger partial charge in [0.2, 0.25) is 0 Å².